The number of carbonyl (C=O) groups is 1. The maximum absolute atomic E-state index is 10.6. The van der Waals surface area contributed by atoms with Crippen LogP contribution in [0, 0.1) is 0 Å². The molecular formula is C17H27NO2. The third-order valence-corrected chi connectivity index (χ3v) is 3.89. The van der Waals surface area contributed by atoms with Crippen LogP contribution >= 0.6 is 0 Å². The molecule has 3 nitrogen and oxygen atoms in total. The molecule has 1 rings (SSSR count). The number of hydrogen-bond acceptors (Lipinski definition) is 2. The van der Waals surface area contributed by atoms with Crippen LogP contribution in [0.15, 0.2) is 24.3 Å². The number of carboxylic acid groups (broad SMARTS) is 1. The lowest BCUT2D eigenvalue weighted by Crippen LogP contribution is -2.34. The number of aliphatic carboxylic acids is 1. The van der Waals surface area contributed by atoms with Crippen LogP contribution in [0.1, 0.15) is 50.7 Å². The van der Waals surface area contributed by atoms with E-state index >= 15 is 0 Å². The molecule has 0 fully saturated rings. The molecule has 0 aromatic heterocycles. The Hall–Kier alpha value is -1.35. The van der Waals surface area contributed by atoms with Gasteiger partial charge in [-0.1, -0.05) is 45.0 Å². The lowest BCUT2D eigenvalue weighted by Gasteiger charge is -2.26. The van der Waals surface area contributed by atoms with Crippen LogP contribution in [0.5, 0.6) is 0 Å². The molecule has 1 atom stereocenters. The molecular weight excluding hydrogens is 250 g/mol. The van der Waals surface area contributed by atoms with Gasteiger partial charge in [-0.05, 0) is 36.9 Å². The Morgan fingerprint density at radius 1 is 1.25 bits per heavy atom. The lowest BCUT2D eigenvalue weighted by atomic mass is 9.98. The predicted octanol–water partition coefficient (Wildman–Crippen LogP) is 3.54. The summed E-state index contributed by atoms with van der Waals surface area (Å²) in [5.74, 6) is -0.169. The number of hydrogen-bond donors (Lipinski definition) is 1. The fraction of sp³-hybridized carbons (Fsp3) is 0.588. The number of rotatable bonds is 8. The van der Waals surface area contributed by atoms with Gasteiger partial charge in [0.25, 0.3) is 0 Å². The van der Waals surface area contributed by atoms with Gasteiger partial charge in [0, 0.05) is 12.6 Å². The van der Waals surface area contributed by atoms with Crippen molar-refractivity contribution in [2.45, 2.75) is 52.0 Å². The van der Waals surface area contributed by atoms with Crippen molar-refractivity contribution < 1.29 is 9.90 Å². The maximum atomic E-state index is 10.6. The molecule has 0 saturated carbocycles. The molecule has 0 heterocycles. The second-order valence-electron chi connectivity index (χ2n) is 5.79. The summed E-state index contributed by atoms with van der Waals surface area (Å²) in [6.45, 7) is 7.16. The summed E-state index contributed by atoms with van der Waals surface area (Å²) in [6.07, 6.45) is 2.21. The van der Waals surface area contributed by atoms with E-state index in [1.807, 2.05) is 7.05 Å². The van der Waals surface area contributed by atoms with Gasteiger partial charge in [0.15, 0.2) is 0 Å². The van der Waals surface area contributed by atoms with Crippen molar-refractivity contribution >= 4 is 5.97 Å². The molecule has 0 spiro atoms. The van der Waals surface area contributed by atoms with E-state index in [0.717, 1.165) is 12.8 Å². The fourth-order valence-corrected chi connectivity index (χ4v) is 2.38. The Morgan fingerprint density at radius 3 is 2.30 bits per heavy atom. The molecule has 0 amide bonds. The molecule has 1 aromatic carbocycles. The lowest BCUT2D eigenvalue weighted by molar-refractivity contribution is -0.137. The Labute approximate surface area is 122 Å². The first-order valence-corrected chi connectivity index (χ1v) is 7.44. The number of likely N-dealkylation sites (N-methyl/N-ethyl adjacent to an activating group) is 1. The molecule has 0 aliphatic carbocycles. The molecule has 1 N–H and O–H groups in total. The molecule has 1 unspecified atom stereocenters. The Balaban J connectivity index is 2.60. The van der Waals surface area contributed by atoms with Crippen LogP contribution in [0.25, 0.3) is 0 Å². The van der Waals surface area contributed by atoms with Gasteiger partial charge in [0.05, 0.1) is 6.42 Å². The zero-order valence-electron chi connectivity index (χ0n) is 13.1. The van der Waals surface area contributed by atoms with Gasteiger partial charge in [-0.2, -0.15) is 0 Å². The topological polar surface area (TPSA) is 40.5 Å². The summed E-state index contributed by atoms with van der Waals surface area (Å²) in [6, 6.07) is 9.19. The average Bonchev–Trinajstić information content (AvgIpc) is 2.42. The molecule has 3 heteroatoms. The van der Waals surface area contributed by atoms with Crippen LogP contribution in [0.2, 0.25) is 0 Å². The van der Waals surface area contributed by atoms with E-state index in [-0.39, 0.29) is 6.42 Å². The Kier molecular flexibility index (Phi) is 6.73. The van der Waals surface area contributed by atoms with Crippen molar-refractivity contribution in [2.24, 2.45) is 0 Å². The van der Waals surface area contributed by atoms with Gasteiger partial charge < -0.3 is 10.0 Å². The minimum Gasteiger partial charge on any atom is -0.481 e. The Bertz CT molecular complexity index is 412. The second kappa shape index (κ2) is 8.05. The van der Waals surface area contributed by atoms with Gasteiger partial charge in [0.1, 0.15) is 0 Å². The highest BCUT2D eigenvalue weighted by Crippen LogP contribution is 2.17. The molecule has 0 bridgehead atoms. The number of carboxylic acids is 1. The molecule has 0 aliphatic heterocycles. The standard InChI is InChI=1S/C17H27NO2/c1-5-16(18(4)11-10-17(19)20)12-14-6-8-15(9-7-14)13(2)3/h6-9,13,16H,5,10-12H2,1-4H3,(H,19,20). The van der Waals surface area contributed by atoms with Crippen molar-refractivity contribution in [3.63, 3.8) is 0 Å². The third kappa shape index (κ3) is 5.33. The fourth-order valence-electron chi connectivity index (χ4n) is 2.38. The van der Waals surface area contributed by atoms with E-state index < -0.39 is 5.97 Å². The van der Waals surface area contributed by atoms with E-state index in [9.17, 15) is 4.79 Å². The van der Waals surface area contributed by atoms with Crippen LogP contribution in [0.4, 0.5) is 0 Å². The predicted molar refractivity (Wildman–Crippen MR) is 83.2 cm³/mol. The van der Waals surface area contributed by atoms with Gasteiger partial charge in [0.2, 0.25) is 0 Å². The molecule has 0 saturated heterocycles. The Morgan fingerprint density at radius 2 is 1.85 bits per heavy atom. The summed E-state index contributed by atoms with van der Waals surface area (Å²) < 4.78 is 0. The summed E-state index contributed by atoms with van der Waals surface area (Å²) in [4.78, 5) is 12.8. The minimum atomic E-state index is -0.729. The smallest absolute Gasteiger partial charge is 0.304 e. The monoisotopic (exact) mass is 277 g/mol. The zero-order valence-corrected chi connectivity index (χ0v) is 13.1. The van der Waals surface area contributed by atoms with Crippen LogP contribution in [0.3, 0.4) is 0 Å². The first-order chi connectivity index (χ1) is 9.43. The summed E-state index contributed by atoms with van der Waals surface area (Å²) in [7, 11) is 2.01. The highest BCUT2D eigenvalue weighted by molar-refractivity contribution is 5.66. The largest absolute Gasteiger partial charge is 0.481 e. The first-order valence-electron chi connectivity index (χ1n) is 7.44. The summed E-state index contributed by atoms with van der Waals surface area (Å²) in [5, 5.41) is 8.76. The van der Waals surface area contributed by atoms with E-state index in [0.29, 0.717) is 18.5 Å². The van der Waals surface area contributed by atoms with Gasteiger partial charge in [-0.15, -0.1) is 0 Å². The van der Waals surface area contributed by atoms with E-state index in [2.05, 4.69) is 49.9 Å². The quantitative estimate of drug-likeness (QED) is 0.790. The maximum Gasteiger partial charge on any atom is 0.304 e. The van der Waals surface area contributed by atoms with Crippen molar-refractivity contribution in [3.05, 3.63) is 35.4 Å². The molecule has 0 aliphatic rings. The second-order valence-corrected chi connectivity index (χ2v) is 5.79. The first kappa shape index (κ1) is 16.7. The summed E-state index contributed by atoms with van der Waals surface area (Å²) in [5.41, 5.74) is 2.68. The number of benzene rings is 1. The summed E-state index contributed by atoms with van der Waals surface area (Å²) >= 11 is 0. The van der Waals surface area contributed by atoms with E-state index in [1.165, 1.54) is 11.1 Å². The molecule has 20 heavy (non-hydrogen) atoms. The SMILES string of the molecule is CCC(Cc1ccc(C(C)C)cc1)N(C)CCC(=O)O. The van der Waals surface area contributed by atoms with Gasteiger partial charge in [-0.3, -0.25) is 4.79 Å². The highest BCUT2D eigenvalue weighted by Gasteiger charge is 2.14. The molecule has 112 valence electrons. The number of nitrogens with zero attached hydrogens (tertiary/aromatic N) is 1. The minimum absolute atomic E-state index is 0.208. The van der Waals surface area contributed by atoms with Gasteiger partial charge >= 0.3 is 5.97 Å². The van der Waals surface area contributed by atoms with Crippen molar-refractivity contribution in [3.8, 4) is 0 Å². The highest BCUT2D eigenvalue weighted by atomic mass is 16.4. The van der Waals surface area contributed by atoms with Crippen molar-refractivity contribution in [1.82, 2.24) is 4.90 Å². The van der Waals surface area contributed by atoms with Crippen LogP contribution < -0.4 is 0 Å². The van der Waals surface area contributed by atoms with Crippen LogP contribution in [-0.2, 0) is 11.2 Å². The van der Waals surface area contributed by atoms with Crippen molar-refractivity contribution in [2.75, 3.05) is 13.6 Å². The molecule has 1 aromatic rings. The van der Waals surface area contributed by atoms with E-state index in [1.54, 1.807) is 0 Å². The van der Waals surface area contributed by atoms with E-state index in [4.69, 9.17) is 5.11 Å². The van der Waals surface area contributed by atoms with Crippen LogP contribution in [-0.4, -0.2) is 35.6 Å². The third-order valence-electron chi connectivity index (χ3n) is 3.89. The zero-order chi connectivity index (χ0) is 15.1. The average molecular weight is 277 g/mol. The normalized spacial score (nSPS) is 12.9. The molecule has 0 radical (unpaired) electrons. The van der Waals surface area contributed by atoms with Gasteiger partial charge in [-0.25, -0.2) is 0 Å². The van der Waals surface area contributed by atoms with Crippen molar-refractivity contribution in [1.29, 1.82) is 0 Å².